The van der Waals surface area contributed by atoms with Crippen LogP contribution in [0.25, 0.3) is 5.03 Å². The summed E-state index contributed by atoms with van der Waals surface area (Å²) < 4.78 is 0. The molecule has 1 aromatic rings. The van der Waals surface area contributed by atoms with E-state index in [0.29, 0.717) is 6.29 Å². The van der Waals surface area contributed by atoms with Crippen molar-refractivity contribution in [3.63, 3.8) is 0 Å². The van der Waals surface area contributed by atoms with Crippen molar-refractivity contribution in [2.45, 2.75) is 0 Å². The molecule has 72 valence electrons. The number of hydrogen-bond donors (Lipinski definition) is 0. The molecule has 0 N–H and O–H groups in total. The number of carbonyl (C=O) groups excluding carboxylic acids is 1. The molecule has 0 spiro atoms. The highest BCUT2D eigenvalue weighted by Crippen LogP contribution is 2.27. The molecule has 0 amide bonds. The zero-order valence-electron chi connectivity index (χ0n) is 7.01. The maximum atomic E-state index is 10.6. The Morgan fingerprint density at radius 2 is 2.07 bits per heavy atom. The molecule has 0 aliphatic heterocycles. The molecule has 0 unspecified atom stereocenters. The van der Waals surface area contributed by atoms with Gasteiger partial charge in [-0.25, -0.2) is 0 Å². The van der Waals surface area contributed by atoms with Gasteiger partial charge in [0.1, 0.15) is 6.29 Å². The first kappa shape index (κ1) is 10.4. The summed E-state index contributed by atoms with van der Waals surface area (Å²) in [5.74, 6) is 0. The van der Waals surface area contributed by atoms with E-state index in [4.69, 9.17) is 11.6 Å². The smallest absolute Gasteiger partial charge is 0.278 e. The Bertz CT molecular complexity index is 401. The largest absolute Gasteiger partial charge is 0.299 e. The van der Waals surface area contributed by atoms with Gasteiger partial charge in [-0.15, -0.1) is 0 Å². The van der Waals surface area contributed by atoms with E-state index < -0.39 is 4.92 Å². The summed E-state index contributed by atoms with van der Waals surface area (Å²) in [5.41, 5.74) is 0.127. The lowest BCUT2D eigenvalue weighted by Gasteiger charge is -1.99. The molecule has 0 saturated heterocycles. The van der Waals surface area contributed by atoms with Crippen LogP contribution in [0.4, 0.5) is 5.69 Å². The van der Waals surface area contributed by atoms with E-state index in [1.54, 1.807) is 6.07 Å². The molecule has 0 saturated carbocycles. The van der Waals surface area contributed by atoms with Gasteiger partial charge in [0.2, 0.25) is 0 Å². The van der Waals surface area contributed by atoms with E-state index in [0.717, 1.165) is 6.08 Å². The van der Waals surface area contributed by atoms with Gasteiger partial charge in [0.15, 0.2) is 0 Å². The van der Waals surface area contributed by atoms with Gasteiger partial charge in [-0.3, -0.25) is 14.9 Å². The minimum atomic E-state index is -0.545. The van der Waals surface area contributed by atoms with E-state index in [1.807, 2.05) is 0 Å². The van der Waals surface area contributed by atoms with Crippen molar-refractivity contribution in [3.05, 3.63) is 46.0 Å². The number of allylic oxidation sites excluding steroid dienone is 1. The zero-order valence-corrected chi connectivity index (χ0v) is 7.77. The van der Waals surface area contributed by atoms with Crippen LogP contribution in [-0.2, 0) is 4.79 Å². The predicted molar refractivity (Wildman–Crippen MR) is 53.0 cm³/mol. The highest BCUT2D eigenvalue weighted by molar-refractivity contribution is 6.50. The maximum Gasteiger partial charge on any atom is 0.278 e. The van der Waals surface area contributed by atoms with Crippen LogP contribution in [0.3, 0.4) is 0 Å². The minimum absolute atomic E-state index is 0.0623. The lowest BCUT2D eigenvalue weighted by atomic mass is 10.1. The molecule has 14 heavy (non-hydrogen) atoms. The summed E-state index contributed by atoms with van der Waals surface area (Å²) in [7, 11) is 0. The van der Waals surface area contributed by atoms with Crippen LogP contribution in [-0.4, -0.2) is 11.2 Å². The number of hydrogen-bond acceptors (Lipinski definition) is 3. The molecule has 0 fully saturated rings. The number of carbonyl (C=O) groups is 1. The molecule has 0 aliphatic carbocycles. The van der Waals surface area contributed by atoms with Gasteiger partial charge in [-0.05, 0) is 12.1 Å². The molecule has 1 aromatic carbocycles. The summed E-state index contributed by atoms with van der Waals surface area (Å²) in [4.78, 5) is 20.2. The third-order valence-corrected chi connectivity index (χ3v) is 1.90. The number of para-hydroxylation sites is 1. The Morgan fingerprint density at radius 3 is 2.64 bits per heavy atom. The predicted octanol–water partition coefficient (Wildman–Crippen LogP) is 2.37. The second-order valence-corrected chi connectivity index (χ2v) is 2.83. The third kappa shape index (κ3) is 2.17. The second kappa shape index (κ2) is 4.53. The van der Waals surface area contributed by atoms with E-state index in [1.165, 1.54) is 18.2 Å². The molecule has 0 aromatic heterocycles. The number of nitro benzene ring substituents is 1. The lowest BCUT2D eigenvalue weighted by Crippen LogP contribution is -1.92. The van der Waals surface area contributed by atoms with Gasteiger partial charge in [0.05, 0.1) is 15.5 Å². The monoisotopic (exact) mass is 211 g/mol. The standard InChI is InChI=1S/C9H6ClNO3/c10-8(5-6-12)7-3-1-2-4-9(7)11(13)14/h1-6H/b8-5+. The first-order valence-corrected chi connectivity index (χ1v) is 4.09. The summed E-state index contributed by atoms with van der Waals surface area (Å²) in [6.07, 6.45) is 1.56. The van der Waals surface area contributed by atoms with Crippen molar-refractivity contribution in [1.29, 1.82) is 0 Å². The van der Waals surface area contributed by atoms with Crippen molar-refractivity contribution >= 4 is 28.6 Å². The zero-order chi connectivity index (χ0) is 10.6. The van der Waals surface area contributed by atoms with Gasteiger partial charge in [-0.1, -0.05) is 23.7 Å². The number of rotatable bonds is 3. The normalized spacial score (nSPS) is 11.1. The molecule has 0 radical (unpaired) electrons. The second-order valence-electron chi connectivity index (χ2n) is 2.42. The van der Waals surface area contributed by atoms with Crippen LogP contribution in [0.1, 0.15) is 5.56 Å². The fraction of sp³-hybridized carbons (Fsp3) is 0. The topological polar surface area (TPSA) is 60.2 Å². The molecular formula is C9H6ClNO3. The SMILES string of the molecule is O=C/C=C(/Cl)c1ccccc1[N+](=O)[O-]. The van der Waals surface area contributed by atoms with E-state index >= 15 is 0 Å². The van der Waals surface area contributed by atoms with Crippen molar-refractivity contribution in [2.24, 2.45) is 0 Å². The van der Waals surface area contributed by atoms with E-state index in [-0.39, 0.29) is 16.3 Å². The van der Waals surface area contributed by atoms with E-state index in [9.17, 15) is 14.9 Å². The number of halogens is 1. The quantitative estimate of drug-likeness (QED) is 0.334. The summed E-state index contributed by atoms with van der Waals surface area (Å²) in [6, 6.07) is 5.97. The minimum Gasteiger partial charge on any atom is -0.299 e. The van der Waals surface area contributed by atoms with Crippen LogP contribution in [0.15, 0.2) is 30.3 Å². The van der Waals surface area contributed by atoms with Gasteiger partial charge in [-0.2, -0.15) is 0 Å². The van der Waals surface area contributed by atoms with Crippen LogP contribution >= 0.6 is 11.6 Å². The Hall–Kier alpha value is -1.68. The van der Waals surface area contributed by atoms with Crippen molar-refractivity contribution in [2.75, 3.05) is 0 Å². The summed E-state index contributed by atoms with van der Waals surface area (Å²) in [6.45, 7) is 0. The highest BCUT2D eigenvalue weighted by atomic mass is 35.5. The number of nitrogens with zero attached hydrogens (tertiary/aromatic N) is 1. The van der Waals surface area contributed by atoms with Crippen LogP contribution in [0.5, 0.6) is 0 Å². The van der Waals surface area contributed by atoms with Crippen LogP contribution < -0.4 is 0 Å². The highest BCUT2D eigenvalue weighted by Gasteiger charge is 2.14. The Kier molecular flexibility index (Phi) is 3.36. The van der Waals surface area contributed by atoms with Gasteiger partial charge in [0.25, 0.3) is 5.69 Å². The lowest BCUT2D eigenvalue weighted by molar-refractivity contribution is -0.385. The molecule has 0 atom stereocenters. The van der Waals surface area contributed by atoms with Crippen LogP contribution in [0, 0.1) is 10.1 Å². The van der Waals surface area contributed by atoms with Gasteiger partial charge in [0, 0.05) is 6.07 Å². The summed E-state index contributed by atoms with van der Waals surface area (Å²) >= 11 is 5.68. The Balaban J connectivity index is 3.26. The molecular weight excluding hydrogens is 206 g/mol. The third-order valence-electron chi connectivity index (χ3n) is 1.57. The van der Waals surface area contributed by atoms with Crippen LogP contribution in [0.2, 0.25) is 0 Å². The van der Waals surface area contributed by atoms with E-state index in [2.05, 4.69) is 0 Å². The number of benzene rings is 1. The first-order chi connectivity index (χ1) is 6.66. The Morgan fingerprint density at radius 1 is 1.43 bits per heavy atom. The number of aldehydes is 1. The van der Waals surface area contributed by atoms with Gasteiger partial charge >= 0.3 is 0 Å². The molecule has 4 nitrogen and oxygen atoms in total. The fourth-order valence-corrected chi connectivity index (χ4v) is 1.20. The maximum absolute atomic E-state index is 10.6. The van der Waals surface area contributed by atoms with Gasteiger partial charge < -0.3 is 0 Å². The molecule has 0 bridgehead atoms. The molecule has 1 rings (SSSR count). The molecule has 5 heteroatoms. The first-order valence-electron chi connectivity index (χ1n) is 3.71. The summed E-state index contributed by atoms with van der Waals surface area (Å²) in [5, 5.41) is 10.6. The van der Waals surface area contributed by atoms with Crippen molar-refractivity contribution in [1.82, 2.24) is 0 Å². The number of nitro groups is 1. The average molecular weight is 212 g/mol. The Labute approximate surface area is 85.0 Å². The fourth-order valence-electron chi connectivity index (χ4n) is 0.984. The van der Waals surface area contributed by atoms with Crippen molar-refractivity contribution in [3.8, 4) is 0 Å². The average Bonchev–Trinajstić information content (AvgIpc) is 2.18. The molecule has 0 aliphatic rings. The van der Waals surface area contributed by atoms with Crippen molar-refractivity contribution < 1.29 is 9.72 Å². The molecule has 0 heterocycles.